The smallest absolute Gasteiger partial charge is 0.270 e. The van der Waals surface area contributed by atoms with Crippen LogP contribution < -0.4 is 15.8 Å². The van der Waals surface area contributed by atoms with E-state index in [0.717, 1.165) is 0 Å². The van der Waals surface area contributed by atoms with Gasteiger partial charge in [0, 0.05) is 24.9 Å². The van der Waals surface area contributed by atoms with E-state index in [4.69, 9.17) is 10.5 Å². The molecule has 0 aliphatic heterocycles. The lowest BCUT2D eigenvalue weighted by molar-refractivity contribution is 0.0950. The van der Waals surface area contributed by atoms with Gasteiger partial charge in [-0.2, -0.15) is 0 Å². The van der Waals surface area contributed by atoms with Crippen molar-refractivity contribution in [2.45, 2.75) is 6.92 Å². The third-order valence-electron chi connectivity index (χ3n) is 2.58. The van der Waals surface area contributed by atoms with Gasteiger partial charge in [0.1, 0.15) is 17.3 Å². The summed E-state index contributed by atoms with van der Waals surface area (Å²) in [5, 5.41) is 2.63. The Hall–Kier alpha value is -2.15. The van der Waals surface area contributed by atoms with E-state index in [9.17, 15) is 9.18 Å². The van der Waals surface area contributed by atoms with Crippen LogP contribution in [0.15, 0.2) is 34.9 Å². The van der Waals surface area contributed by atoms with Gasteiger partial charge in [0.15, 0.2) is 5.75 Å². The Balaban J connectivity index is 2.26. The highest BCUT2D eigenvalue weighted by Gasteiger charge is 2.11. The molecule has 110 valence electrons. The van der Waals surface area contributed by atoms with Crippen molar-refractivity contribution in [1.29, 1.82) is 0 Å². The highest BCUT2D eigenvalue weighted by molar-refractivity contribution is 9.10. The average Bonchev–Trinajstić information content (AvgIpc) is 2.45. The van der Waals surface area contributed by atoms with E-state index in [1.54, 1.807) is 6.07 Å². The molecule has 0 spiro atoms. The van der Waals surface area contributed by atoms with Crippen molar-refractivity contribution in [2.24, 2.45) is 0 Å². The topological polar surface area (TPSA) is 77.2 Å². The van der Waals surface area contributed by atoms with E-state index < -0.39 is 5.82 Å². The van der Waals surface area contributed by atoms with Crippen LogP contribution in [-0.2, 0) is 0 Å². The van der Waals surface area contributed by atoms with Crippen molar-refractivity contribution in [3.05, 3.63) is 46.4 Å². The molecule has 1 aromatic carbocycles. The predicted octanol–water partition coefficient (Wildman–Crippen LogP) is 3.11. The average molecular weight is 354 g/mol. The van der Waals surface area contributed by atoms with Gasteiger partial charge in [-0.15, -0.1) is 0 Å². The number of hydrogen-bond donors (Lipinski definition) is 2. The number of halogens is 2. The fraction of sp³-hybridized carbons (Fsp3) is 0.143. The summed E-state index contributed by atoms with van der Waals surface area (Å²) < 4.78 is 19.3. The Kier molecular flexibility index (Phi) is 4.74. The molecule has 1 amide bonds. The number of pyridine rings is 1. The Bertz CT molecular complexity index is 679. The number of carbonyl (C=O) groups is 1. The minimum Gasteiger partial charge on any atom is -0.455 e. The van der Waals surface area contributed by atoms with E-state index in [1.165, 1.54) is 24.4 Å². The zero-order chi connectivity index (χ0) is 15.4. The molecule has 2 rings (SSSR count). The van der Waals surface area contributed by atoms with E-state index in [0.29, 0.717) is 12.3 Å². The number of aromatic nitrogens is 1. The van der Waals surface area contributed by atoms with Crippen LogP contribution in [0.1, 0.15) is 17.4 Å². The molecule has 2 aromatic rings. The highest BCUT2D eigenvalue weighted by atomic mass is 79.9. The van der Waals surface area contributed by atoms with Crippen LogP contribution >= 0.6 is 15.9 Å². The van der Waals surface area contributed by atoms with Crippen molar-refractivity contribution in [3.63, 3.8) is 0 Å². The van der Waals surface area contributed by atoms with Gasteiger partial charge in [0.25, 0.3) is 5.91 Å². The highest BCUT2D eigenvalue weighted by Crippen LogP contribution is 2.32. The van der Waals surface area contributed by atoms with Crippen LogP contribution in [0.3, 0.4) is 0 Å². The molecule has 0 bridgehead atoms. The number of nitrogens with two attached hydrogens (primary N) is 1. The Morgan fingerprint density at radius 2 is 2.24 bits per heavy atom. The van der Waals surface area contributed by atoms with Crippen molar-refractivity contribution in [3.8, 4) is 11.5 Å². The summed E-state index contributed by atoms with van der Waals surface area (Å²) in [7, 11) is 0. The molecule has 1 aromatic heterocycles. The maximum atomic E-state index is 13.5. The summed E-state index contributed by atoms with van der Waals surface area (Å²) in [5.74, 6) is -0.279. The zero-order valence-corrected chi connectivity index (χ0v) is 12.8. The lowest BCUT2D eigenvalue weighted by atomic mass is 10.3. The monoisotopic (exact) mass is 353 g/mol. The van der Waals surface area contributed by atoms with Crippen LogP contribution in [0.5, 0.6) is 11.5 Å². The quantitative estimate of drug-likeness (QED) is 0.828. The molecule has 0 aliphatic rings. The van der Waals surface area contributed by atoms with Gasteiger partial charge in [-0.1, -0.05) is 0 Å². The van der Waals surface area contributed by atoms with Crippen LogP contribution in [0.25, 0.3) is 0 Å². The first-order valence-corrected chi connectivity index (χ1v) is 6.97. The minimum absolute atomic E-state index is 0.170. The molecule has 0 saturated carbocycles. The fourth-order valence-corrected chi connectivity index (χ4v) is 1.97. The standard InChI is InChI=1S/C14H13BrFN3O2/c1-2-18-14(20)12-5-8(3-4-19-12)21-13-7-10(16)9(15)6-11(13)17/h3-7H,2,17H2,1H3,(H,18,20). The van der Waals surface area contributed by atoms with Crippen LogP contribution in [0, 0.1) is 5.82 Å². The van der Waals surface area contributed by atoms with E-state index >= 15 is 0 Å². The Labute approximate surface area is 129 Å². The molecule has 3 N–H and O–H groups in total. The maximum absolute atomic E-state index is 13.5. The number of amides is 1. The number of nitrogens with zero attached hydrogens (tertiary/aromatic N) is 1. The first-order valence-electron chi connectivity index (χ1n) is 6.18. The maximum Gasteiger partial charge on any atom is 0.270 e. The van der Waals surface area contributed by atoms with E-state index in [1.807, 2.05) is 6.92 Å². The minimum atomic E-state index is -0.489. The second-order valence-corrected chi connectivity index (χ2v) is 5.00. The number of nitrogen functional groups attached to an aromatic ring is 1. The van der Waals surface area contributed by atoms with Crippen molar-refractivity contribution < 1.29 is 13.9 Å². The van der Waals surface area contributed by atoms with Gasteiger partial charge in [-0.3, -0.25) is 9.78 Å². The molecule has 0 aliphatic carbocycles. The summed E-state index contributed by atoms with van der Waals surface area (Å²) in [6, 6.07) is 5.61. The van der Waals surface area contributed by atoms with Gasteiger partial charge in [0.05, 0.1) is 10.2 Å². The summed E-state index contributed by atoms with van der Waals surface area (Å²) in [6.45, 7) is 2.31. The molecule has 0 radical (unpaired) electrons. The number of carbonyl (C=O) groups excluding carboxylic acids is 1. The number of rotatable bonds is 4. The third kappa shape index (κ3) is 3.69. The summed E-state index contributed by atoms with van der Waals surface area (Å²) in [6.07, 6.45) is 1.44. The zero-order valence-electron chi connectivity index (χ0n) is 11.2. The van der Waals surface area contributed by atoms with Crippen LogP contribution in [0.2, 0.25) is 0 Å². The fourth-order valence-electron chi connectivity index (χ4n) is 1.61. The summed E-state index contributed by atoms with van der Waals surface area (Å²) in [5.41, 5.74) is 6.26. The van der Waals surface area contributed by atoms with E-state index in [2.05, 4.69) is 26.2 Å². The molecule has 7 heteroatoms. The first kappa shape index (κ1) is 15.2. The second-order valence-electron chi connectivity index (χ2n) is 4.14. The van der Waals surface area contributed by atoms with Crippen molar-refractivity contribution in [2.75, 3.05) is 12.3 Å². The van der Waals surface area contributed by atoms with Gasteiger partial charge < -0.3 is 15.8 Å². The Morgan fingerprint density at radius 1 is 1.48 bits per heavy atom. The van der Waals surface area contributed by atoms with Gasteiger partial charge in [0.2, 0.25) is 0 Å². The van der Waals surface area contributed by atoms with Gasteiger partial charge in [-0.25, -0.2) is 4.39 Å². The lowest BCUT2D eigenvalue weighted by Gasteiger charge is -2.10. The summed E-state index contributed by atoms with van der Waals surface area (Å²) >= 11 is 3.04. The number of benzene rings is 1. The van der Waals surface area contributed by atoms with Crippen molar-refractivity contribution >= 4 is 27.5 Å². The molecular formula is C14H13BrFN3O2. The molecule has 0 unspecified atom stereocenters. The molecule has 5 nitrogen and oxygen atoms in total. The van der Waals surface area contributed by atoms with Crippen LogP contribution in [-0.4, -0.2) is 17.4 Å². The molecule has 0 atom stereocenters. The largest absolute Gasteiger partial charge is 0.455 e. The summed E-state index contributed by atoms with van der Waals surface area (Å²) in [4.78, 5) is 15.6. The number of ether oxygens (including phenoxy) is 1. The molecule has 0 saturated heterocycles. The van der Waals surface area contributed by atoms with Crippen molar-refractivity contribution in [1.82, 2.24) is 10.3 Å². The normalized spacial score (nSPS) is 10.2. The predicted molar refractivity (Wildman–Crippen MR) is 80.8 cm³/mol. The molecule has 1 heterocycles. The molecular weight excluding hydrogens is 341 g/mol. The first-order chi connectivity index (χ1) is 10.0. The Morgan fingerprint density at radius 3 is 2.95 bits per heavy atom. The SMILES string of the molecule is CCNC(=O)c1cc(Oc2cc(F)c(Br)cc2N)ccn1. The number of hydrogen-bond acceptors (Lipinski definition) is 4. The number of anilines is 1. The second kappa shape index (κ2) is 6.53. The van der Waals surface area contributed by atoms with E-state index in [-0.39, 0.29) is 27.5 Å². The third-order valence-corrected chi connectivity index (χ3v) is 3.19. The lowest BCUT2D eigenvalue weighted by Crippen LogP contribution is -2.23. The molecule has 0 fully saturated rings. The molecule has 21 heavy (non-hydrogen) atoms. The van der Waals surface area contributed by atoms with Crippen LogP contribution in [0.4, 0.5) is 10.1 Å². The van der Waals surface area contributed by atoms with Gasteiger partial charge >= 0.3 is 0 Å². The van der Waals surface area contributed by atoms with Gasteiger partial charge in [-0.05, 0) is 35.0 Å². The number of nitrogens with one attached hydrogen (secondary N) is 1.